The zero-order valence-corrected chi connectivity index (χ0v) is 11.5. The van der Waals surface area contributed by atoms with Gasteiger partial charge in [0.2, 0.25) is 5.91 Å². The lowest BCUT2D eigenvalue weighted by molar-refractivity contribution is -0.129. The summed E-state index contributed by atoms with van der Waals surface area (Å²) >= 11 is 5.49. The number of amides is 2. The number of phenols is 2. The summed E-state index contributed by atoms with van der Waals surface area (Å²) < 4.78 is 0. The number of piperazine rings is 1. The molecule has 1 aromatic rings. The van der Waals surface area contributed by atoms with Crippen molar-refractivity contribution in [1.29, 1.82) is 0 Å². The zero-order chi connectivity index (χ0) is 14.7. The number of phenolic OH excluding ortho intramolecular Hbond substituents is 2. The van der Waals surface area contributed by atoms with Gasteiger partial charge in [-0.15, -0.1) is 11.6 Å². The van der Waals surface area contributed by atoms with Crippen molar-refractivity contribution in [3.8, 4) is 11.5 Å². The summed E-state index contributed by atoms with van der Waals surface area (Å²) in [6.07, 6.45) is 0. The van der Waals surface area contributed by atoms with E-state index in [0.29, 0.717) is 26.2 Å². The summed E-state index contributed by atoms with van der Waals surface area (Å²) in [4.78, 5) is 26.8. The number of nitrogens with zero attached hydrogens (tertiary/aromatic N) is 2. The molecule has 7 heteroatoms. The van der Waals surface area contributed by atoms with Crippen LogP contribution in [0, 0.1) is 0 Å². The molecule has 0 unspecified atom stereocenters. The Morgan fingerprint density at radius 3 is 2.00 bits per heavy atom. The number of hydrogen-bond acceptors (Lipinski definition) is 4. The standard InChI is InChI=1S/C13H15ClN2O4/c14-8-12(19)15-1-3-16(4-2-15)13(20)9-5-10(17)7-11(18)6-9/h5-7,17-18H,1-4,8H2. The minimum absolute atomic E-state index is 0.0611. The van der Waals surface area contributed by atoms with Gasteiger partial charge in [-0.1, -0.05) is 0 Å². The summed E-state index contributed by atoms with van der Waals surface area (Å²) in [6, 6.07) is 3.77. The molecule has 1 heterocycles. The van der Waals surface area contributed by atoms with Crippen LogP contribution >= 0.6 is 11.6 Å². The summed E-state index contributed by atoms with van der Waals surface area (Å²) in [5.41, 5.74) is 0.222. The van der Waals surface area contributed by atoms with Crippen LogP contribution in [0.25, 0.3) is 0 Å². The molecular weight excluding hydrogens is 284 g/mol. The van der Waals surface area contributed by atoms with E-state index in [1.807, 2.05) is 0 Å². The van der Waals surface area contributed by atoms with Gasteiger partial charge < -0.3 is 20.0 Å². The van der Waals surface area contributed by atoms with Gasteiger partial charge in [0.15, 0.2) is 0 Å². The van der Waals surface area contributed by atoms with Crippen LogP contribution in [-0.2, 0) is 4.79 Å². The number of carbonyl (C=O) groups excluding carboxylic acids is 2. The highest BCUT2D eigenvalue weighted by atomic mass is 35.5. The molecule has 2 amide bonds. The van der Waals surface area contributed by atoms with E-state index in [4.69, 9.17) is 11.6 Å². The van der Waals surface area contributed by atoms with E-state index >= 15 is 0 Å². The van der Waals surface area contributed by atoms with Crippen LogP contribution in [0.15, 0.2) is 18.2 Å². The quantitative estimate of drug-likeness (QED) is 0.784. The lowest BCUT2D eigenvalue weighted by Gasteiger charge is -2.34. The van der Waals surface area contributed by atoms with Gasteiger partial charge in [0.05, 0.1) is 0 Å². The second-order valence-electron chi connectivity index (χ2n) is 4.54. The molecule has 0 saturated carbocycles. The van der Waals surface area contributed by atoms with Crippen LogP contribution < -0.4 is 0 Å². The Morgan fingerprint density at radius 1 is 1.00 bits per heavy atom. The van der Waals surface area contributed by atoms with E-state index in [0.717, 1.165) is 6.07 Å². The van der Waals surface area contributed by atoms with Crippen LogP contribution in [0.2, 0.25) is 0 Å². The second-order valence-corrected chi connectivity index (χ2v) is 4.81. The van der Waals surface area contributed by atoms with Crippen LogP contribution in [-0.4, -0.2) is 63.9 Å². The maximum atomic E-state index is 12.2. The van der Waals surface area contributed by atoms with Crippen molar-refractivity contribution in [1.82, 2.24) is 9.80 Å². The molecule has 0 aromatic heterocycles. The number of hydrogen-bond donors (Lipinski definition) is 2. The molecule has 2 rings (SSSR count). The molecule has 0 bridgehead atoms. The third kappa shape index (κ3) is 3.14. The van der Waals surface area contributed by atoms with Crippen molar-refractivity contribution in [3.63, 3.8) is 0 Å². The molecule has 20 heavy (non-hydrogen) atoms. The first-order valence-corrected chi connectivity index (χ1v) is 6.70. The van der Waals surface area contributed by atoms with E-state index in [9.17, 15) is 19.8 Å². The van der Waals surface area contributed by atoms with Crippen molar-refractivity contribution < 1.29 is 19.8 Å². The average Bonchev–Trinajstić information content (AvgIpc) is 2.45. The first-order valence-electron chi connectivity index (χ1n) is 6.17. The summed E-state index contributed by atoms with van der Waals surface area (Å²) in [5, 5.41) is 18.8. The predicted molar refractivity (Wildman–Crippen MR) is 73.0 cm³/mol. The highest BCUT2D eigenvalue weighted by Gasteiger charge is 2.24. The van der Waals surface area contributed by atoms with Crippen molar-refractivity contribution in [2.75, 3.05) is 32.1 Å². The minimum Gasteiger partial charge on any atom is -0.508 e. The molecule has 0 aliphatic carbocycles. The third-order valence-electron chi connectivity index (χ3n) is 3.18. The van der Waals surface area contributed by atoms with E-state index in [1.54, 1.807) is 9.80 Å². The lowest BCUT2D eigenvalue weighted by Crippen LogP contribution is -2.50. The monoisotopic (exact) mass is 298 g/mol. The molecule has 1 aliphatic heterocycles. The number of alkyl halides is 1. The van der Waals surface area contributed by atoms with Crippen LogP contribution in [0.4, 0.5) is 0 Å². The highest BCUT2D eigenvalue weighted by Crippen LogP contribution is 2.21. The van der Waals surface area contributed by atoms with Crippen molar-refractivity contribution in [2.24, 2.45) is 0 Å². The van der Waals surface area contributed by atoms with Crippen LogP contribution in [0.5, 0.6) is 11.5 Å². The zero-order valence-electron chi connectivity index (χ0n) is 10.8. The molecule has 0 spiro atoms. The molecule has 2 N–H and O–H groups in total. The summed E-state index contributed by atoms with van der Waals surface area (Å²) in [6.45, 7) is 1.67. The predicted octanol–water partition coefficient (Wildman–Crippen LogP) is 0.621. The Balaban J connectivity index is 2.03. The molecule has 1 aromatic carbocycles. The molecule has 6 nitrogen and oxygen atoms in total. The number of rotatable bonds is 2. The molecule has 1 fully saturated rings. The normalized spacial score (nSPS) is 15.2. The Bertz CT molecular complexity index is 507. The fourth-order valence-corrected chi connectivity index (χ4v) is 2.31. The largest absolute Gasteiger partial charge is 0.508 e. The number of halogens is 1. The SMILES string of the molecule is O=C(CCl)N1CCN(C(=O)c2cc(O)cc(O)c2)CC1. The molecule has 1 aliphatic rings. The Hall–Kier alpha value is -1.95. The Morgan fingerprint density at radius 2 is 1.50 bits per heavy atom. The van der Waals surface area contributed by atoms with Gasteiger partial charge in [-0.2, -0.15) is 0 Å². The Labute approximate surface area is 121 Å². The number of benzene rings is 1. The second kappa shape index (κ2) is 6.00. The first kappa shape index (κ1) is 14.5. The van der Waals surface area contributed by atoms with Crippen molar-refractivity contribution in [3.05, 3.63) is 23.8 Å². The maximum Gasteiger partial charge on any atom is 0.254 e. The summed E-state index contributed by atoms with van der Waals surface area (Å²) in [5.74, 6) is -0.814. The fraction of sp³-hybridized carbons (Fsp3) is 0.385. The summed E-state index contributed by atoms with van der Waals surface area (Å²) in [7, 11) is 0. The van der Waals surface area contributed by atoms with Crippen LogP contribution in [0.1, 0.15) is 10.4 Å². The molecule has 108 valence electrons. The fourth-order valence-electron chi connectivity index (χ4n) is 2.14. The van der Waals surface area contributed by atoms with Gasteiger partial charge in [0, 0.05) is 37.8 Å². The van der Waals surface area contributed by atoms with Gasteiger partial charge in [0.25, 0.3) is 5.91 Å². The minimum atomic E-state index is -0.283. The van der Waals surface area contributed by atoms with E-state index in [2.05, 4.69) is 0 Å². The van der Waals surface area contributed by atoms with E-state index in [1.165, 1.54) is 12.1 Å². The molecular formula is C13H15ClN2O4. The van der Waals surface area contributed by atoms with E-state index < -0.39 is 0 Å². The smallest absolute Gasteiger partial charge is 0.254 e. The van der Waals surface area contributed by atoms with Gasteiger partial charge in [-0.25, -0.2) is 0 Å². The maximum absolute atomic E-state index is 12.2. The van der Waals surface area contributed by atoms with Crippen molar-refractivity contribution >= 4 is 23.4 Å². The van der Waals surface area contributed by atoms with Gasteiger partial charge in [0.1, 0.15) is 17.4 Å². The molecule has 0 atom stereocenters. The topological polar surface area (TPSA) is 81.1 Å². The molecule has 1 saturated heterocycles. The average molecular weight is 299 g/mol. The molecule has 0 radical (unpaired) electrons. The number of carbonyl (C=O) groups is 2. The highest BCUT2D eigenvalue weighted by molar-refractivity contribution is 6.27. The van der Waals surface area contributed by atoms with E-state index in [-0.39, 0.29) is 34.8 Å². The Kier molecular flexibility index (Phi) is 4.34. The van der Waals surface area contributed by atoms with Crippen molar-refractivity contribution in [2.45, 2.75) is 0 Å². The first-order chi connectivity index (χ1) is 9.51. The van der Waals surface area contributed by atoms with Crippen LogP contribution in [0.3, 0.4) is 0 Å². The van der Waals surface area contributed by atoms with Gasteiger partial charge in [-0.05, 0) is 12.1 Å². The lowest BCUT2D eigenvalue weighted by atomic mass is 10.1. The van der Waals surface area contributed by atoms with Gasteiger partial charge >= 0.3 is 0 Å². The van der Waals surface area contributed by atoms with Gasteiger partial charge in [-0.3, -0.25) is 9.59 Å². The number of aromatic hydroxyl groups is 2. The third-order valence-corrected chi connectivity index (χ3v) is 3.41.